The van der Waals surface area contributed by atoms with E-state index in [1.165, 1.54) is 0 Å². The number of aryl methyl sites for hydroxylation is 1. The molecular weight excluding hydrogens is 224 g/mol. The van der Waals surface area contributed by atoms with Crippen LogP contribution in [0.2, 0.25) is 5.15 Å². The molecule has 0 aliphatic heterocycles. The van der Waals surface area contributed by atoms with Gasteiger partial charge in [-0.25, -0.2) is 4.98 Å². The van der Waals surface area contributed by atoms with Gasteiger partial charge in [0, 0.05) is 38.1 Å². The van der Waals surface area contributed by atoms with Gasteiger partial charge in [0.15, 0.2) is 0 Å². The van der Waals surface area contributed by atoms with E-state index < -0.39 is 0 Å². The monoisotopic (exact) mass is 236 g/mol. The standard InChI is InChI=1S/C11H13ClN4/c1-16-7-4-9(15-16)2-5-13-10-3-6-14-11(12)8-10/h3-4,6-8H,2,5H2,1H3,(H,13,14). The Labute approximate surface area is 99.3 Å². The Morgan fingerprint density at radius 2 is 2.31 bits per heavy atom. The molecule has 84 valence electrons. The number of anilines is 1. The molecule has 2 aromatic heterocycles. The highest BCUT2D eigenvalue weighted by Crippen LogP contribution is 2.11. The lowest BCUT2D eigenvalue weighted by atomic mass is 10.3. The zero-order valence-electron chi connectivity index (χ0n) is 9.02. The first-order chi connectivity index (χ1) is 7.74. The third kappa shape index (κ3) is 2.97. The molecule has 2 rings (SSSR count). The molecule has 2 heterocycles. The van der Waals surface area contributed by atoms with Crippen molar-refractivity contribution >= 4 is 17.3 Å². The summed E-state index contributed by atoms with van der Waals surface area (Å²) < 4.78 is 1.80. The SMILES string of the molecule is Cn1ccc(CCNc2ccnc(Cl)c2)n1. The van der Waals surface area contributed by atoms with Crippen molar-refractivity contribution in [3.63, 3.8) is 0 Å². The Morgan fingerprint density at radius 1 is 1.44 bits per heavy atom. The summed E-state index contributed by atoms with van der Waals surface area (Å²) in [5, 5.41) is 8.07. The van der Waals surface area contributed by atoms with Crippen molar-refractivity contribution in [3.8, 4) is 0 Å². The van der Waals surface area contributed by atoms with Crippen LogP contribution in [0.5, 0.6) is 0 Å². The maximum Gasteiger partial charge on any atom is 0.131 e. The molecule has 0 atom stereocenters. The Balaban J connectivity index is 1.84. The third-order valence-electron chi connectivity index (χ3n) is 2.21. The fraction of sp³-hybridized carbons (Fsp3) is 0.273. The lowest BCUT2D eigenvalue weighted by Gasteiger charge is -2.04. The van der Waals surface area contributed by atoms with Gasteiger partial charge in [-0.05, 0) is 18.2 Å². The number of nitrogens with one attached hydrogen (secondary N) is 1. The smallest absolute Gasteiger partial charge is 0.131 e. The molecular formula is C11H13ClN4. The zero-order chi connectivity index (χ0) is 11.4. The van der Waals surface area contributed by atoms with Crippen LogP contribution in [-0.4, -0.2) is 21.3 Å². The van der Waals surface area contributed by atoms with Gasteiger partial charge in [-0.15, -0.1) is 0 Å². The summed E-state index contributed by atoms with van der Waals surface area (Å²) in [5.74, 6) is 0. The molecule has 0 amide bonds. The fourth-order valence-electron chi connectivity index (χ4n) is 1.44. The maximum atomic E-state index is 5.78. The summed E-state index contributed by atoms with van der Waals surface area (Å²) in [5.41, 5.74) is 2.06. The van der Waals surface area contributed by atoms with Crippen LogP contribution < -0.4 is 5.32 Å². The van der Waals surface area contributed by atoms with E-state index in [0.29, 0.717) is 5.15 Å². The number of rotatable bonds is 4. The highest BCUT2D eigenvalue weighted by Gasteiger charge is 1.97. The van der Waals surface area contributed by atoms with Gasteiger partial charge in [0.2, 0.25) is 0 Å². The first-order valence-corrected chi connectivity index (χ1v) is 5.46. The van der Waals surface area contributed by atoms with Crippen LogP contribution in [0.15, 0.2) is 30.6 Å². The number of halogens is 1. The second kappa shape index (κ2) is 4.99. The van der Waals surface area contributed by atoms with Gasteiger partial charge in [-0.3, -0.25) is 4.68 Å². The quantitative estimate of drug-likeness (QED) is 0.827. The van der Waals surface area contributed by atoms with E-state index in [-0.39, 0.29) is 0 Å². The number of aromatic nitrogens is 3. The average Bonchev–Trinajstić information content (AvgIpc) is 2.64. The summed E-state index contributed by atoms with van der Waals surface area (Å²) in [6.07, 6.45) is 4.52. The van der Waals surface area contributed by atoms with E-state index >= 15 is 0 Å². The molecule has 0 aliphatic carbocycles. The van der Waals surface area contributed by atoms with Gasteiger partial charge in [-0.1, -0.05) is 11.6 Å². The van der Waals surface area contributed by atoms with Crippen LogP contribution in [0.3, 0.4) is 0 Å². The minimum Gasteiger partial charge on any atom is -0.385 e. The van der Waals surface area contributed by atoms with Gasteiger partial charge in [0.1, 0.15) is 5.15 Å². The maximum absolute atomic E-state index is 5.78. The van der Waals surface area contributed by atoms with E-state index in [4.69, 9.17) is 11.6 Å². The minimum atomic E-state index is 0.503. The molecule has 0 saturated carbocycles. The largest absolute Gasteiger partial charge is 0.385 e. The lowest BCUT2D eigenvalue weighted by Crippen LogP contribution is -2.05. The molecule has 0 aromatic carbocycles. The number of hydrogen-bond acceptors (Lipinski definition) is 3. The highest BCUT2D eigenvalue weighted by molar-refractivity contribution is 6.29. The summed E-state index contributed by atoms with van der Waals surface area (Å²) in [7, 11) is 1.92. The second-order valence-electron chi connectivity index (χ2n) is 3.52. The van der Waals surface area contributed by atoms with Gasteiger partial charge in [-0.2, -0.15) is 5.10 Å². The topological polar surface area (TPSA) is 42.7 Å². The Bertz CT molecular complexity index is 467. The number of hydrogen-bond donors (Lipinski definition) is 1. The Hall–Kier alpha value is -1.55. The molecule has 0 aliphatic rings. The predicted octanol–water partition coefficient (Wildman–Crippen LogP) is 2.12. The van der Waals surface area contributed by atoms with E-state index in [9.17, 15) is 0 Å². The van der Waals surface area contributed by atoms with Crippen LogP contribution in [0.4, 0.5) is 5.69 Å². The normalized spacial score (nSPS) is 10.4. The van der Waals surface area contributed by atoms with E-state index in [0.717, 1.165) is 24.3 Å². The highest BCUT2D eigenvalue weighted by atomic mass is 35.5. The molecule has 0 saturated heterocycles. The van der Waals surface area contributed by atoms with Crippen molar-refractivity contribution in [3.05, 3.63) is 41.4 Å². The fourth-order valence-corrected chi connectivity index (χ4v) is 1.62. The van der Waals surface area contributed by atoms with Crippen molar-refractivity contribution < 1.29 is 0 Å². The molecule has 0 fully saturated rings. The van der Waals surface area contributed by atoms with Crippen LogP contribution in [0.1, 0.15) is 5.69 Å². The second-order valence-corrected chi connectivity index (χ2v) is 3.91. The van der Waals surface area contributed by atoms with Crippen molar-refractivity contribution in [1.82, 2.24) is 14.8 Å². The first kappa shape index (κ1) is 11.0. The molecule has 2 aromatic rings. The van der Waals surface area contributed by atoms with E-state index in [1.807, 2.05) is 25.4 Å². The molecule has 0 bridgehead atoms. The minimum absolute atomic E-state index is 0.503. The van der Waals surface area contributed by atoms with E-state index in [2.05, 4.69) is 15.4 Å². The summed E-state index contributed by atoms with van der Waals surface area (Å²) in [6.45, 7) is 0.831. The summed E-state index contributed by atoms with van der Waals surface area (Å²) in [4.78, 5) is 3.92. The third-order valence-corrected chi connectivity index (χ3v) is 2.41. The summed E-state index contributed by atoms with van der Waals surface area (Å²) in [6, 6.07) is 5.71. The zero-order valence-corrected chi connectivity index (χ0v) is 9.78. The first-order valence-electron chi connectivity index (χ1n) is 5.08. The molecule has 0 spiro atoms. The van der Waals surface area contributed by atoms with E-state index in [1.54, 1.807) is 16.9 Å². The van der Waals surface area contributed by atoms with Crippen molar-refractivity contribution in [2.45, 2.75) is 6.42 Å². The van der Waals surface area contributed by atoms with Crippen molar-refractivity contribution in [2.24, 2.45) is 7.05 Å². The average molecular weight is 237 g/mol. The van der Waals surface area contributed by atoms with Crippen molar-refractivity contribution in [2.75, 3.05) is 11.9 Å². The number of nitrogens with zero attached hydrogens (tertiary/aromatic N) is 3. The number of pyridine rings is 1. The van der Waals surface area contributed by atoms with Gasteiger partial charge in [0.25, 0.3) is 0 Å². The molecule has 16 heavy (non-hydrogen) atoms. The predicted molar refractivity (Wildman–Crippen MR) is 64.6 cm³/mol. The molecule has 4 nitrogen and oxygen atoms in total. The van der Waals surface area contributed by atoms with Gasteiger partial charge >= 0.3 is 0 Å². The Morgan fingerprint density at radius 3 is 3.00 bits per heavy atom. The summed E-state index contributed by atoms with van der Waals surface area (Å²) >= 11 is 5.78. The molecule has 0 unspecified atom stereocenters. The molecule has 0 radical (unpaired) electrons. The van der Waals surface area contributed by atoms with Crippen LogP contribution in [0.25, 0.3) is 0 Å². The Kier molecular flexibility index (Phi) is 3.41. The van der Waals surface area contributed by atoms with Gasteiger partial charge in [0.05, 0.1) is 5.69 Å². The van der Waals surface area contributed by atoms with Crippen molar-refractivity contribution in [1.29, 1.82) is 0 Å². The molecule has 5 heteroatoms. The van der Waals surface area contributed by atoms with Gasteiger partial charge < -0.3 is 5.32 Å². The van der Waals surface area contributed by atoms with Crippen LogP contribution in [-0.2, 0) is 13.5 Å². The lowest BCUT2D eigenvalue weighted by molar-refractivity contribution is 0.742. The molecule has 1 N–H and O–H groups in total. The van der Waals surface area contributed by atoms with Crippen LogP contribution in [0, 0.1) is 0 Å². The van der Waals surface area contributed by atoms with Crippen LogP contribution >= 0.6 is 11.6 Å².